The van der Waals surface area contributed by atoms with Crippen molar-refractivity contribution in [1.29, 1.82) is 0 Å². The highest BCUT2D eigenvalue weighted by Gasteiger charge is 2.19. The molecule has 2 heterocycles. The molecule has 3 rings (SSSR count). The average molecular weight is 327 g/mol. The lowest BCUT2D eigenvalue weighted by Crippen LogP contribution is -2.37. The van der Waals surface area contributed by atoms with Gasteiger partial charge in [0.05, 0.1) is 6.20 Å². The predicted octanol–water partition coefficient (Wildman–Crippen LogP) is 1.45. The maximum absolute atomic E-state index is 12.3. The largest absolute Gasteiger partial charge is 0.340 e. The van der Waals surface area contributed by atoms with Gasteiger partial charge in [0, 0.05) is 25.8 Å². The zero-order valence-electron chi connectivity index (χ0n) is 14.0. The van der Waals surface area contributed by atoms with Gasteiger partial charge in [0.2, 0.25) is 5.91 Å². The lowest BCUT2D eigenvalue weighted by Gasteiger charge is -2.22. The highest BCUT2D eigenvalue weighted by atomic mass is 16.2. The Morgan fingerprint density at radius 1 is 1.08 bits per heavy atom. The number of benzene rings is 1. The summed E-state index contributed by atoms with van der Waals surface area (Å²) in [5.41, 5.74) is 1.40. The fourth-order valence-corrected chi connectivity index (χ4v) is 3.15. The Labute approximate surface area is 143 Å². The van der Waals surface area contributed by atoms with Crippen LogP contribution in [0.5, 0.6) is 0 Å². The third-order valence-corrected chi connectivity index (χ3v) is 4.49. The second-order valence-electron chi connectivity index (χ2n) is 6.27. The van der Waals surface area contributed by atoms with E-state index >= 15 is 0 Å². The fourth-order valence-electron chi connectivity index (χ4n) is 3.15. The predicted molar refractivity (Wildman–Crippen MR) is 92.4 cm³/mol. The topological polar surface area (TPSA) is 54.3 Å². The summed E-state index contributed by atoms with van der Waals surface area (Å²) in [6.07, 6.45) is 6.65. The molecule has 0 aliphatic carbocycles. The number of amides is 1. The summed E-state index contributed by atoms with van der Waals surface area (Å²) >= 11 is 0. The molecule has 1 aromatic heterocycles. The standard InChI is InChI=1S/C18H25N5O/c24-18(16-23-13-9-19-20-23)22-12-5-11-21(14-15-22)10-4-8-17-6-2-1-3-7-17/h1-3,6-7,9,13H,4-5,8,10-12,14-16H2. The van der Waals surface area contributed by atoms with E-state index in [0.29, 0.717) is 0 Å². The van der Waals surface area contributed by atoms with Crippen molar-refractivity contribution in [1.82, 2.24) is 24.8 Å². The number of aryl methyl sites for hydroxylation is 1. The zero-order valence-corrected chi connectivity index (χ0v) is 14.0. The second kappa shape index (κ2) is 8.59. The van der Waals surface area contributed by atoms with E-state index in [1.165, 1.54) is 5.56 Å². The van der Waals surface area contributed by atoms with Crippen LogP contribution in [-0.2, 0) is 17.8 Å². The highest BCUT2D eigenvalue weighted by Crippen LogP contribution is 2.08. The fraction of sp³-hybridized carbons (Fsp3) is 0.500. The maximum atomic E-state index is 12.3. The molecule has 1 amide bonds. The Bertz CT molecular complexity index is 614. The van der Waals surface area contributed by atoms with Crippen molar-refractivity contribution in [2.75, 3.05) is 32.7 Å². The number of carbonyl (C=O) groups excluding carboxylic acids is 1. The molecular formula is C18H25N5O. The normalized spacial score (nSPS) is 16.1. The van der Waals surface area contributed by atoms with Crippen LogP contribution in [0.4, 0.5) is 0 Å². The van der Waals surface area contributed by atoms with Crippen LogP contribution in [0.1, 0.15) is 18.4 Å². The Morgan fingerprint density at radius 2 is 1.96 bits per heavy atom. The van der Waals surface area contributed by atoms with E-state index in [0.717, 1.165) is 52.0 Å². The quantitative estimate of drug-likeness (QED) is 0.806. The number of nitrogens with zero attached hydrogens (tertiary/aromatic N) is 5. The first kappa shape index (κ1) is 16.6. The summed E-state index contributed by atoms with van der Waals surface area (Å²) in [5.74, 6) is 0.131. The molecule has 1 saturated heterocycles. The van der Waals surface area contributed by atoms with Gasteiger partial charge < -0.3 is 9.80 Å². The van der Waals surface area contributed by atoms with Crippen LogP contribution in [0.2, 0.25) is 0 Å². The van der Waals surface area contributed by atoms with Crippen LogP contribution >= 0.6 is 0 Å². The van der Waals surface area contributed by atoms with E-state index < -0.39 is 0 Å². The van der Waals surface area contributed by atoms with Crippen LogP contribution < -0.4 is 0 Å². The lowest BCUT2D eigenvalue weighted by molar-refractivity contribution is -0.131. The molecule has 2 aromatic rings. The summed E-state index contributed by atoms with van der Waals surface area (Å²) < 4.78 is 1.59. The van der Waals surface area contributed by atoms with Gasteiger partial charge in [-0.15, -0.1) is 5.10 Å². The lowest BCUT2D eigenvalue weighted by atomic mass is 10.1. The van der Waals surface area contributed by atoms with Crippen LogP contribution in [0, 0.1) is 0 Å². The van der Waals surface area contributed by atoms with Gasteiger partial charge in [-0.2, -0.15) is 0 Å². The van der Waals surface area contributed by atoms with Gasteiger partial charge in [0.25, 0.3) is 0 Å². The summed E-state index contributed by atoms with van der Waals surface area (Å²) in [4.78, 5) is 16.8. The Balaban J connectivity index is 1.40. The van der Waals surface area contributed by atoms with Crippen LogP contribution in [0.25, 0.3) is 0 Å². The Hall–Kier alpha value is -2.21. The molecule has 6 nitrogen and oxygen atoms in total. The minimum Gasteiger partial charge on any atom is -0.340 e. The Morgan fingerprint density at radius 3 is 2.75 bits per heavy atom. The molecular weight excluding hydrogens is 302 g/mol. The van der Waals surface area contributed by atoms with E-state index in [1.54, 1.807) is 17.1 Å². The molecule has 128 valence electrons. The van der Waals surface area contributed by atoms with E-state index in [2.05, 4.69) is 45.5 Å². The molecule has 1 aromatic carbocycles. The molecule has 0 N–H and O–H groups in total. The smallest absolute Gasteiger partial charge is 0.244 e. The van der Waals surface area contributed by atoms with Crippen molar-refractivity contribution in [2.45, 2.75) is 25.8 Å². The van der Waals surface area contributed by atoms with Gasteiger partial charge in [0.15, 0.2) is 0 Å². The van der Waals surface area contributed by atoms with E-state index in [-0.39, 0.29) is 12.5 Å². The SMILES string of the molecule is O=C(Cn1ccnn1)N1CCCN(CCCc2ccccc2)CC1. The van der Waals surface area contributed by atoms with Crippen molar-refractivity contribution >= 4 is 5.91 Å². The maximum Gasteiger partial charge on any atom is 0.244 e. The van der Waals surface area contributed by atoms with Crippen LogP contribution in [-0.4, -0.2) is 63.4 Å². The van der Waals surface area contributed by atoms with E-state index in [9.17, 15) is 4.79 Å². The molecule has 0 saturated carbocycles. The minimum absolute atomic E-state index is 0.131. The molecule has 6 heteroatoms. The van der Waals surface area contributed by atoms with Gasteiger partial charge in [-0.25, -0.2) is 4.68 Å². The number of hydrogen-bond donors (Lipinski definition) is 0. The van der Waals surface area contributed by atoms with Gasteiger partial charge in [-0.05, 0) is 37.9 Å². The second-order valence-corrected chi connectivity index (χ2v) is 6.27. The molecule has 0 atom stereocenters. The van der Waals surface area contributed by atoms with Crippen molar-refractivity contribution in [3.63, 3.8) is 0 Å². The molecule has 0 spiro atoms. The molecule has 0 unspecified atom stereocenters. The molecule has 24 heavy (non-hydrogen) atoms. The molecule has 1 fully saturated rings. The number of aromatic nitrogens is 3. The monoisotopic (exact) mass is 327 g/mol. The molecule has 1 aliphatic rings. The number of hydrogen-bond acceptors (Lipinski definition) is 4. The first-order chi connectivity index (χ1) is 11.8. The molecule has 0 radical (unpaired) electrons. The number of rotatable bonds is 6. The van der Waals surface area contributed by atoms with Crippen molar-refractivity contribution in [3.05, 3.63) is 48.3 Å². The third-order valence-electron chi connectivity index (χ3n) is 4.49. The van der Waals surface area contributed by atoms with E-state index in [4.69, 9.17) is 0 Å². The third kappa shape index (κ3) is 4.89. The summed E-state index contributed by atoms with van der Waals surface area (Å²) in [6.45, 7) is 5.05. The summed E-state index contributed by atoms with van der Waals surface area (Å²) in [5, 5.41) is 7.61. The first-order valence-electron chi connectivity index (χ1n) is 8.69. The van der Waals surface area contributed by atoms with Crippen LogP contribution in [0.15, 0.2) is 42.7 Å². The zero-order chi connectivity index (χ0) is 16.6. The van der Waals surface area contributed by atoms with Crippen molar-refractivity contribution in [2.24, 2.45) is 0 Å². The van der Waals surface area contributed by atoms with Crippen molar-refractivity contribution in [3.8, 4) is 0 Å². The highest BCUT2D eigenvalue weighted by molar-refractivity contribution is 5.75. The van der Waals surface area contributed by atoms with Gasteiger partial charge in [-0.1, -0.05) is 35.5 Å². The Kier molecular flexibility index (Phi) is 5.96. The summed E-state index contributed by atoms with van der Waals surface area (Å²) in [6, 6.07) is 10.6. The molecule has 0 bridgehead atoms. The minimum atomic E-state index is 0.131. The summed E-state index contributed by atoms with van der Waals surface area (Å²) in [7, 11) is 0. The molecule has 1 aliphatic heterocycles. The van der Waals surface area contributed by atoms with Gasteiger partial charge >= 0.3 is 0 Å². The van der Waals surface area contributed by atoms with Crippen LogP contribution in [0.3, 0.4) is 0 Å². The van der Waals surface area contributed by atoms with Crippen molar-refractivity contribution < 1.29 is 4.79 Å². The first-order valence-corrected chi connectivity index (χ1v) is 8.69. The number of carbonyl (C=O) groups is 1. The average Bonchev–Trinajstić information content (AvgIpc) is 2.99. The van der Waals surface area contributed by atoms with E-state index in [1.807, 2.05) is 4.90 Å². The van der Waals surface area contributed by atoms with Gasteiger partial charge in [0.1, 0.15) is 6.54 Å². The van der Waals surface area contributed by atoms with Gasteiger partial charge in [-0.3, -0.25) is 4.79 Å².